The van der Waals surface area contributed by atoms with Gasteiger partial charge in [-0.3, -0.25) is 4.79 Å². The van der Waals surface area contributed by atoms with Crippen LogP contribution >= 0.6 is 11.8 Å². The Morgan fingerprint density at radius 2 is 2.00 bits per heavy atom. The molecule has 2 aromatic carbocycles. The molecule has 0 saturated carbocycles. The molecule has 0 saturated heterocycles. The number of carbonyl (C=O) groups is 1. The van der Waals surface area contributed by atoms with Gasteiger partial charge in [-0.25, -0.2) is 0 Å². The van der Waals surface area contributed by atoms with Gasteiger partial charge in [0.2, 0.25) is 12.7 Å². The zero-order valence-corrected chi connectivity index (χ0v) is 14.7. The van der Waals surface area contributed by atoms with Crippen LogP contribution in [0.3, 0.4) is 0 Å². The summed E-state index contributed by atoms with van der Waals surface area (Å²) in [6.07, 6.45) is 0. The van der Waals surface area contributed by atoms with Crippen LogP contribution in [0.1, 0.15) is 23.6 Å². The lowest BCUT2D eigenvalue weighted by Gasteiger charge is -2.13. The Kier molecular flexibility index (Phi) is 5.30. The fourth-order valence-electron chi connectivity index (χ4n) is 2.45. The minimum atomic E-state index is -0.0985. The van der Waals surface area contributed by atoms with Gasteiger partial charge in [0.1, 0.15) is 0 Å². The highest BCUT2D eigenvalue weighted by Crippen LogP contribution is 2.32. The molecule has 0 spiro atoms. The second-order valence-corrected chi connectivity index (χ2v) is 7.11. The molecule has 0 fully saturated rings. The van der Waals surface area contributed by atoms with Crippen molar-refractivity contribution in [2.75, 3.05) is 6.79 Å². The SMILES string of the molecule is Cc1ccccc1CS[C@H](C)C(=O)NCc1ccc2c(c1)OCO2. The monoisotopic (exact) mass is 343 g/mol. The molecule has 5 heteroatoms. The molecule has 2 aromatic rings. The number of aryl methyl sites for hydroxylation is 1. The third-order valence-electron chi connectivity index (χ3n) is 4.02. The number of hydrogen-bond donors (Lipinski definition) is 1. The Balaban J connectivity index is 1.48. The van der Waals surface area contributed by atoms with Crippen LogP contribution in [0.15, 0.2) is 42.5 Å². The van der Waals surface area contributed by atoms with Crippen molar-refractivity contribution in [3.8, 4) is 11.5 Å². The first-order valence-corrected chi connectivity index (χ1v) is 9.00. The topological polar surface area (TPSA) is 47.6 Å². The highest BCUT2D eigenvalue weighted by Gasteiger charge is 2.16. The van der Waals surface area contributed by atoms with Gasteiger partial charge in [0, 0.05) is 12.3 Å². The number of fused-ring (bicyclic) bond motifs is 1. The molecule has 1 N–H and O–H groups in total. The molecule has 1 aliphatic rings. The Labute approximate surface area is 146 Å². The van der Waals surface area contributed by atoms with Crippen LogP contribution in [0.5, 0.6) is 11.5 Å². The van der Waals surface area contributed by atoms with E-state index < -0.39 is 0 Å². The third-order valence-corrected chi connectivity index (χ3v) is 5.21. The average molecular weight is 343 g/mol. The molecule has 0 radical (unpaired) electrons. The molecule has 126 valence electrons. The summed E-state index contributed by atoms with van der Waals surface area (Å²) in [5.74, 6) is 2.38. The summed E-state index contributed by atoms with van der Waals surface area (Å²) in [7, 11) is 0. The van der Waals surface area contributed by atoms with E-state index >= 15 is 0 Å². The molecule has 1 aliphatic heterocycles. The summed E-state index contributed by atoms with van der Waals surface area (Å²) in [4.78, 5) is 12.3. The molecule has 0 aromatic heterocycles. The lowest BCUT2D eigenvalue weighted by molar-refractivity contribution is -0.120. The minimum Gasteiger partial charge on any atom is -0.454 e. The second kappa shape index (κ2) is 7.62. The van der Waals surface area contributed by atoms with Gasteiger partial charge in [0.25, 0.3) is 0 Å². The average Bonchev–Trinajstić information content (AvgIpc) is 3.06. The first-order chi connectivity index (χ1) is 11.6. The predicted octanol–water partition coefficient (Wildman–Crippen LogP) is 3.66. The van der Waals surface area contributed by atoms with Crippen LogP contribution in [-0.4, -0.2) is 18.0 Å². The number of hydrogen-bond acceptors (Lipinski definition) is 4. The quantitative estimate of drug-likeness (QED) is 0.869. The summed E-state index contributed by atoms with van der Waals surface area (Å²) in [6, 6.07) is 14.0. The van der Waals surface area contributed by atoms with Gasteiger partial charge in [0.05, 0.1) is 5.25 Å². The van der Waals surface area contributed by atoms with E-state index in [1.54, 1.807) is 11.8 Å². The van der Waals surface area contributed by atoms with Crippen molar-refractivity contribution in [1.29, 1.82) is 0 Å². The largest absolute Gasteiger partial charge is 0.454 e. The predicted molar refractivity (Wildman–Crippen MR) is 96.3 cm³/mol. The van der Waals surface area contributed by atoms with Crippen molar-refractivity contribution >= 4 is 17.7 Å². The molecule has 24 heavy (non-hydrogen) atoms. The number of benzene rings is 2. The van der Waals surface area contributed by atoms with Gasteiger partial charge >= 0.3 is 0 Å². The van der Waals surface area contributed by atoms with Crippen LogP contribution in [-0.2, 0) is 17.1 Å². The van der Waals surface area contributed by atoms with Crippen LogP contribution in [0.25, 0.3) is 0 Å². The van der Waals surface area contributed by atoms with Gasteiger partial charge in [-0.1, -0.05) is 30.3 Å². The fourth-order valence-corrected chi connectivity index (χ4v) is 3.43. The van der Waals surface area contributed by atoms with Gasteiger partial charge < -0.3 is 14.8 Å². The Bertz CT molecular complexity index is 732. The molecular weight excluding hydrogens is 322 g/mol. The maximum Gasteiger partial charge on any atom is 0.233 e. The molecule has 0 bridgehead atoms. The highest BCUT2D eigenvalue weighted by molar-refractivity contribution is 7.99. The molecule has 0 unspecified atom stereocenters. The van der Waals surface area contributed by atoms with Gasteiger partial charge in [-0.2, -0.15) is 0 Å². The molecule has 4 nitrogen and oxygen atoms in total. The number of amides is 1. The van der Waals surface area contributed by atoms with Crippen molar-refractivity contribution in [3.05, 3.63) is 59.2 Å². The molecular formula is C19H21NO3S. The van der Waals surface area contributed by atoms with E-state index in [0.717, 1.165) is 22.8 Å². The number of thioether (sulfide) groups is 1. The molecule has 3 rings (SSSR count). The van der Waals surface area contributed by atoms with E-state index in [0.29, 0.717) is 6.54 Å². The summed E-state index contributed by atoms with van der Waals surface area (Å²) >= 11 is 1.65. The van der Waals surface area contributed by atoms with Crippen LogP contribution in [0.2, 0.25) is 0 Å². The maximum absolute atomic E-state index is 12.3. The first kappa shape index (κ1) is 16.7. The summed E-state index contributed by atoms with van der Waals surface area (Å²) in [5.41, 5.74) is 3.54. The van der Waals surface area contributed by atoms with Crippen molar-refractivity contribution < 1.29 is 14.3 Å². The van der Waals surface area contributed by atoms with Crippen molar-refractivity contribution in [3.63, 3.8) is 0 Å². The maximum atomic E-state index is 12.3. The van der Waals surface area contributed by atoms with Crippen LogP contribution in [0.4, 0.5) is 0 Å². The van der Waals surface area contributed by atoms with Crippen molar-refractivity contribution in [1.82, 2.24) is 5.32 Å². The number of ether oxygens (including phenoxy) is 2. The highest BCUT2D eigenvalue weighted by atomic mass is 32.2. The fraction of sp³-hybridized carbons (Fsp3) is 0.316. The van der Waals surface area contributed by atoms with E-state index in [1.807, 2.05) is 37.3 Å². The van der Waals surface area contributed by atoms with Crippen LogP contribution < -0.4 is 14.8 Å². The Morgan fingerprint density at radius 3 is 2.83 bits per heavy atom. The summed E-state index contributed by atoms with van der Waals surface area (Å²) in [5, 5.41) is 2.89. The lowest BCUT2D eigenvalue weighted by atomic mass is 10.1. The first-order valence-electron chi connectivity index (χ1n) is 7.96. The van der Waals surface area contributed by atoms with E-state index in [9.17, 15) is 4.79 Å². The van der Waals surface area contributed by atoms with E-state index in [4.69, 9.17) is 9.47 Å². The molecule has 1 heterocycles. The lowest BCUT2D eigenvalue weighted by Crippen LogP contribution is -2.30. The Morgan fingerprint density at radius 1 is 1.21 bits per heavy atom. The third kappa shape index (κ3) is 4.03. The number of nitrogens with one attached hydrogen (secondary N) is 1. The minimum absolute atomic E-state index is 0.0475. The second-order valence-electron chi connectivity index (χ2n) is 5.79. The van der Waals surface area contributed by atoms with E-state index in [-0.39, 0.29) is 18.0 Å². The molecule has 0 aliphatic carbocycles. The van der Waals surface area contributed by atoms with Gasteiger partial charge in [-0.15, -0.1) is 11.8 Å². The normalized spacial score (nSPS) is 13.6. The standard InChI is InChI=1S/C19H21NO3S/c1-13-5-3-4-6-16(13)11-24-14(2)19(21)20-10-15-7-8-17-18(9-15)23-12-22-17/h3-9,14H,10-12H2,1-2H3,(H,20,21)/t14-/m1/s1. The zero-order chi connectivity index (χ0) is 16.9. The van der Waals surface area contributed by atoms with Crippen molar-refractivity contribution in [2.24, 2.45) is 0 Å². The Hall–Kier alpha value is -2.14. The summed E-state index contributed by atoms with van der Waals surface area (Å²) < 4.78 is 10.6. The zero-order valence-electron chi connectivity index (χ0n) is 13.9. The van der Waals surface area contributed by atoms with E-state index in [2.05, 4.69) is 24.4 Å². The molecule has 1 amide bonds. The van der Waals surface area contributed by atoms with Gasteiger partial charge in [-0.05, 0) is 42.7 Å². The summed E-state index contributed by atoms with van der Waals surface area (Å²) in [6.45, 7) is 4.79. The van der Waals surface area contributed by atoms with Crippen LogP contribution in [0, 0.1) is 6.92 Å². The van der Waals surface area contributed by atoms with E-state index in [1.165, 1.54) is 11.1 Å². The number of carbonyl (C=O) groups excluding carboxylic acids is 1. The smallest absolute Gasteiger partial charge is 0.233 e. The number of rotatable bonds is 6. The van der Waals surface area contributed by atoms with Crippen molar-refractivity contribution in [2.45, 2.75) is 31.4 Å². The molecule has 1 atom stereocenters. The van der Waals surface area contributed by atoms with Gasteiger partial charge in [0.15, 0.2) is 11.5 Å².